The highest BCUT2D eigenvalue weighted by molar-refractivity contribution is 7.89. The van der Waals surface area contributed by atoms with Gasteiger partial charge in [0.25, 0.3) is 0 Å². The molecule has 2 aromatic rings. The Bertz CT molecular complexity index is 852. The van der Waals surface area contributed by atoms with Gasteiger partial charge in [0.1, 0.15) is 16.4 Å². The SMILES string of the molecule is COc1ccc(OC)c(S(=O)(=O)N[C@@H](C)c2ccc(C(C)(C)C)cc2)c1. The first kappa shape index (κ1) is 20.3. The summed E-state index contributed by atoms with van der Waals surface area (Å²) in [7, 11) is -0.845. The van der Waals surface area contributed by atoms with E-state index >= 15 is 0 Å². The molecule has 2 rings (SSSR count). The van der Waals surface area contributed by atoms with E-state index in [2.05, 4.69) is 25.5 Å². The van der Waals surface area contributed by atoms with Gasteiger partial charge in [-0.25, -0.2) is 13.1 Å². The molecule has 0 aromatic heterocycles. The molecule has 0 aliphatic rings. The Morgan fingerprint density at radius 1 is 0.962 bits per heavy atom. The van der Waals surface area contributed by atoms with Gasteiger partial charge in [0, 0.05) is 12.1 Å². The Kier molecular flexibility index (Phi) is 5.98. The van der Waals surface area contributed by atoms with Crippen LogP contribution in [0.4, 0.5) is 0 Å². The molecule has 0 bridgehead atoms. The standard InChI is InChI=1S/C20H27NO4S/c1-14(15-7-9-16(10-8-15)20(2,3)4)21-26(22,23)19-13-17(24-5)11-12-18(19)25-6/h7-14,21H,1-6H3/t14-/m0/s1. The fourth-order valence-corrected chi connectivity index (χ4v) is 4.05. The van der Waals surface area contributed by atoms with Crippen LogP contribution in [0.1, 0.15) is 44.9 Å². The van der Waals surface area contributed by atoms with E-state index in [4.69, 9.17) is 9.47 Å². The quantitative estimate of drug-likeness (QED) is 0.825. The minimum atomic E-state index is -3.78. The maximum absolute atomic E-state index is 12.8. The highest BCUT2D eigenvalue weighted by Gasteiger charge is 2.23. The number of benzene rings is 2. The van der Waals surface area contributed by atoms with Crippen molar-refractivity contribution in [3.63, 3.8) is 0 Å². The summed E-state index contributed by atoms with van der Waals surface area (Å²) in [6.07, 6.45) is 0. The minimum Gasteiger partial charge on any atom is -0.497 e. The number of methoxy groups -OCH3 is 2. The third-order valence-electron chi connectivity index (χ3n) is 4.27. The predicted molar refractivity (Wildman–Crippen MR) is 103 cm³/mol. The van der Waals surface area contributed by atoms with E-state index in [1.54, 1.807) is 12.1 Å². The van der Waals surface area contributed by atoms with Crippen LogP contribution < -0.4 is 14.2 Å². The number of ether oxygens (including phenoxy) is 2. The lowest BCUT2D eigenvalue weighted by atomic mass is 9.86. The molecule has 1 atom stereocenters. The van der Waals surface area contributed by atoms with Gasteiger partial charge >= 0.3 is 0 Å². The van der Waals surface area contributed by atoms with Crippen LogP contribution in [0.15, 0.2) is 47.4 Å². The molecule has 0 aliphatic heterocycles. The van der Waals surface area contributed by atoms with E-state index in [0.29, 0.717) is 5.75 Å². The van der Waals surface area contributed by atoms with Crippen LogP contribution in [0, 0.1) is 0 Å². The summed E-state index contributed by atoms with van der Waals surface area (Å²) in [6.45, 7) is 8.24. The smallest absolute Gasteiger partial charge is 0.244 e. The Labute approximate surface area is 156 Å². The van der Waals surface area contributed by atoms with Crippen molar-refractivity contribution in [3.05, 3.63) is 53.6 Å². The average Bonchev–Trinajstić information content (AvgIpc) is 2.60. The van der Waals surface area contributed by atoms with Gasteiger partial charge in [-0.3, -0.25) is 0 Å². The van der Waals surface area contributed by atoms with Crippen molar-refractivity contribution < 1.29 is 17.9 Å². The molecule has 0 fully saturated rings. The molecular weight excluding hydrogens is 350 g/mol. The van der Waals surface area contributed by atoms with Crippen molar-refractivity contribution >= 4 is 10.0 Å². The van der Waals surface area contributed by atoms with Crippen molar-refractivity contribution in [3.8, 4) is 11.5 Å². The normalized spacial score (nSPS) is 13.3. The van der Waals surface area contributed by atoms with E-state index < -0.39 is 10.0 Å². The molecule has 6 heteroatoms. The Morgan fingerprint density at radius 3 is 2.08 bits per heavy atom. The van der Waals surface area contributed by atoms with Gasteiger partial charge in [-0.2, -0.15) is 0 Å². The van der Waals surface area contributed by atoms with Crippen LogP contribution in [-0.4, -0.2) is 22.6 Å². The third kappa shape index (κ3) is 4.56. The van der Waals surface area contributed by atoms with Crippen molar-refractivity contribution in [2.24, 2.45) is 0 Å². The van der Waals surface area contributed by atoms with E-state index in [-0.39, 0.29) is 22.1 Å². The van der Waals surface area contributed by atoms with E-state index in [9.17, 15) is 8.42 Å². The first-order valence-corrected chi connectivity index (χ1v) is 9.91. The van der Waals surface area contributed by atoms with Gasteiger partial charge in [-0.05, 0) is 35.6 Å². The van der Waals surface area contributed by atoms with Crippen LogP contribution >= 0.6 is 0 Å². The highest BCUT2D eigenvalue weighted by atomic mass is 32.2. The van der Waals surface area contributed by atoms with Crippen molar-refractivity contribution in [2.45, 2.75) is 44.0 Å². The number of sulfonamides is 1. The maximum atomic E-state index is 12.8. The zero-order valence-electron chi connectivity index (χ0n) is 16.2. The zero-order valence-corrected chi connectivity index (χ0v) is 17.0. The summed E-state index contributed by atoms with van der Waals surface area (Å²) in [4.78, 5) is 0.0533. The number of rotatable bonds is 6. The van der Waals surface area contributed by atoms with Crippen molar-refractivity contribution in [2.75, 3.05) is 14.2 Å². The van der Waals surface area contributed by atoms with E-state index in [0.717, 1.165) is 5.56 Å². The molecule has 0 amide bonds. The lowest BCUT2D eigenvalue weighted by Gasteiger charge is -2.21. The molecule has 5 nitrogen and oxygen atoms in total. The van der Waals surface area contributed by atoms with Gasteiger partial charge in [0.15, 0.2) is 0 Å². The molecule has 0 unspecified atom stereocenters. The van der Waals surface area contributed by atoms with Gasteiger partial charge in [0.2, 0.25) is 10.0 Å². The van der Waals surface area contributed by atoms with Crippen LogP contribution in [0.3, 0.4) is 0 Å². The van der Waals surface area contributed by atoms with E-state index in [1.165, 1.54) is 25.8 Å². The number of hydrogen-bond donors (Lipinski definition) is 1. The average molecular weight is 378 g/mol. The van der Waals surface area contributed by atoms with Crippen molar-refractivity contribution in [1.82, 2.24) is 4.72 Å². The summed E-state index contributed by atoms with van der Waals surface area (Å²) >= 11 is 0. The minimum absolute atomic E-state index is 0.0508. The van der Waals surface area contributed by atoms with Crippen LogP contribution in [-0.2, 0) is 15.4 Å². The van der Waals surface area contributed by atoms with Crippen LogP contribution in [0.2, 0.25) is 0 Å². The maximum Gasteiger partial charge on any atom is 0.244 e. The second kappa shape index (κ2) is 7.68. The lowest BCUT2D eigenvalue weighted by molar-refractivity contribution is 0.391. The van der Waals surface area contributed by atoms with Crippen LogP contribution in [0.5, 0.6) is 11.5 Å². The fourth-order valence-electron chi connectivity index (χ4n) is 2.63. The number of nitrogens with one attached hydrogen (secondary N) is 1. The summed E-state index contributed by atoms with van der Waals surface area (Å²) < 4.78 is 38.7. The third-order valence-corrected chi connectivity index (χ3v) is 5.83. The lowest BCUT2D eigenvalue weighted by Crippen LogP contribution is -2.27. The molecule has 0 saturated heterocycles. The monoisotopic (exact) mass is 377 g/mol. The molecule has 26 heavy (non-hydrogen) atoms. The molecule has 1 N–H and O–H groups in total. The number of hydrogen-bond acceptors (Lipinski definition) is 4. The Balaban J connectivity index is 2.29. The van der Waals surface area contributed by atoms with Crippen LogP contribution in [0.25, 0.3) is 0 Å². The topological polar surface area (TPSA) is 64.6 Å². The van der Waals surface area contributed by atoms with Gasteiger partial charge in [0.05, 0.1) is 14.2 Å². The van der Waals surface area contributed by atoms with Gasteiger partial charge in [-0.1, -0.05) is 45.0 Å². The Morgan fingerprint density at radius 2 is 1.58 bits per heavy atom. The largest absolute Gasteiger partial charge is 0.497 e. The first-order valence-electron chi connectivity index (χ1n) is 8.43. The molecule has 2 aromatic carbocycles. The molecule has 142 valence electrons. The molecule has 0 spiro atoms. The van der Waals surface area contributed by atoms with Crippen molar-refractivity contribution in [1.29, 1.82) is 0 Å². The first-order chi connectivity index (χ1) is 12.1. The summed E-state index contributed by atoms with van der Waals surface area (Å²) in [6, 6.07) is 12.3. The second-order valence-corrected chi connectivity index (χ2v) is 8.91. The van der Waals surface area contributed by atoms with Gasteiger partial charge in [-0.15, -0.1) is 0 Å². The summed E-state index contributed by atoms with van der Waals surface area (Å²) in [5, 5.41) is 0. The van der Waals surface area contributed by atoms with E-state index in [1.807, 2.05) is 31.2 Å². The summed E-state index contributed by atoms with van der Waals surface area (Å²) in [5.41, 5.74) is 2.14. The molecule has 0 saturated carbocycles. The molecular formula is C20H27NO4S. The molecule has 0 aliphatic carbocycles. The zero-order chi connectivity index (χ0) is 19.5. The predicted octanol–water partition coefficient (Wildman–Crippen LogP) is 4.04. The molecule has 0 heterocycles. The summed E-state index contributed by atoms with van der Waals surface area (Å²) in [5.74, 6) is 0.724. The second-order valence-electron chi connectivity index (χ2n) is 7.23. The highest BCUT2D eigenvalue weighted by Crippen LogP contribution is 2.30. The van der Waals surface area contributed by atoms with Gasteiger partial charge < -0.3 is 9.47 Å². The Hall–Kier alpha value is -2.05. The fraction of sp³-hybridized carbons (Fsp3) is 0.400. The molecule has 0 radical (unpaired) electrons.